The van der Waals surface area contributed by atoms with Crippen LogP contribution in [0.4, 0.5) is 0 Å². The summed E-state index contributed by atoms with van der Waals surface area (Å²) < 4.78 is 2.21. The van der Waals surface area contributed by atoms with Crippen molar-refractivity contribution >= 4 is 11.6 Å². The van der Waals surface area contributed by atoms with Crippen molar-refractivity contribution in [2.45, 2.75) is 40.8 Å². The van der Waals surface area contributed by atoms with Crippen LogP contribution >= 0.6 is 11.6 Å². The predicted molar refractivity (Wildman–Crippen MR) is 110 cm³/mol. The molecule has 0 saturated heterocycles. The van der Waals surface area contributed by atoms with Crippen LogP contribution in [0.1, 0.15) is 41.9 Å². The normalized spacial score (nSPS) is 10.1. The molecule has 0 spiro atoms. The SMILES string of the molecule is CC.Cc1cc(-c2ccc(C#N)cc2)c(C)n1Cc1cnc(Cl)c(CO)c1. The summed E-state index contributed by atoms with van der Waals surface area (Å²) in [6.45, 7) is 8.68. The van der Waals surface area contributed by atoms with Gasteiger partial charge in [-0.05, 0) is 49.2 Å². The Bertz CT molecular complexity index is 953. The Morgan fingerprint density at radius 3 is 2.41 bits per heavy atom. The molecule has 2 heterocycles. The molecule has 0 atom stereocenters. The molecule has 27 heavy (non-hydrogen) atoms. The van der Waals surface area contributed by atoms with E-state index in [0.717, 1.165) is 28.1 Å². The van der Waals surface area contributed by atoms with Crippen LogP contribution in [0, 0.1) is 25.2 Å². The van der Waals surface area contributed by atoms with Crippen LogP contribution in [-0.2, 0) is 13.2 Å². The molecular weight excluding hydrogens is 358 g/mol. The van der Waals surface area contributed by atoms with E-state index in [0.29, 0.717) is 22.8 Å². The van der Waals surface area contributed by atoms with Gasteiger partial charge in [-0.2, -0.15) is 5.26 Å². The average molecular weight is 382 g/mol. The zero-order valence-electron chi connectivity index (χ0n) is 16.1. The molecule has 0 bridgehead atoms. The van der Waals surface area contributed by atoms with E-state index in [1.807, 2.05) is 44.2 Å². The fourth-order valence-corrected chi connectivity index (χ4v) is 3.15. The van der Waals surface area contributed by atoms with Gasteiger partial charge in [-0.25, -0.2) is 4.98 Å². The first-order valence-corrected chi connectivity index (χ1v) is 9.32. The molecule has 3 aromatic rings. The van der Waals surface area contributed by atoms with E-state index in [-0.39, 0.29) is 6.61 Å². The molecule has 140 valence electrons. The van der Waals surface area contributed by atoms with Gasteiger partial charge in [-0.1, -0.05) is 37.6 Å². The zero-order chi connectivity index (χ0) is 20.0. The van der Waals surface area contributed by atoms with E-state index < -0.39 is 0 Å². The molecule has 3 rings (SSSR count). The molecule has 0 amide bonds. The van der Waals surface area contributed by atoms with Crippen molar-refractivity contribution in [3.8, 4) is 17.2 Å². The molecule has 0 aliphatic rings. The quantitative estimate of drug-likeness (QED) is 0.627. The summed E-state index contributed by atoms with van der Waals surface area (Å²) in [5, 5.41) is 18.6. The van der Waals surface area contributed by atoms with Crippen molar-refractivity contribution in [3.63, 3.8) is 0 Å². The van der Waals surface area contributed by atoms with Gasteiger partial charge >= 0.3 is 0 Å². The summed E-state index contributed by atoms with van der Waals surface area (Å²) in [6.07, 6.45) is 1.74. The maximum absolute atomic E-state index is 9.36. The first-order valence-electron chi connectivity index (χ1n) is 8.95. The van der Waals surface area contributed by atoms with E-state index in [4.69, 9.17) is 16.9 Å². The highest BCUT2D eigenvalue weighted by molar-refractivity contribution is 6.30. The summed E-state index contributed by atoms with van der Waals surface area (Å²) >= 11 is 5.97. The van der Waals surface area contributed by atoms with E-state index in [1.165, 1.54) is 0 Å². The minimum absolute atomic E-state index is 0.125. The fraction of sp³-hybridized carbons (Fsp3) is 0.273. The van der Waals surface area contributed by atoms with Crippen LogP contribution in [0.25, 0.3) is 11.1 Å². The number of aryl methyl sites for hydroxylation is 1. The fourth-order valence-electron chi connectivity index (χ4n) is 2.98. The van der Waals surface area contributed by atoms with Gasteiger partial charge in [0, 0.05) is 35.3 Å². The highest BCUT2D eigenvalue weighted by atomic mass is 35.5. The summed E-state index contributed by atoms with van der Waals surface area (Å²) in [6, 6.07) is 13.8. The Balaban J connectivity index is 0.00000126. The molecular formula is C22H24ClN3O. The van der Waals surface area contributed by atoms with Gasteiger partial charge < -0.3 is 9.67 Å². The monoisotopic (exact) mass is 381 g/mol. The van der Waals surface area contributed by atoms with Gasteiger partial charge in [-0.3, -0.25) is 0 Å². The van der Waals surface area contributed by atoms with Crippen LogP contribution in [0.3, 0.4) is 0 Å². The van der Waals surface area contributed by atoms with Gasteiger partial charge in [0.25, 0.3) is 0 Å². The minimum atomic E-state index is -0.125. The molecule has 5 heteroatoms. The van der Waals surface area contributed by atoms with Gasteiger partial charge in [-0.15, -0.1) is 0 Å². The second-order valence-electron chi connectivity index (χ2n) is 6.01. The average Bonchev–Trinajstić information content (AvgIpc) is 2.99. The first kappa shape index (κ1) is 20.7. The van der Waals surface area contributed by atoms with E-state index in [9.17, 15) is 5.11 Å². The van der Waals surface area contributed by atoms with Crippen molar-refractivity contribution < 1.29 is 5.11 Å². The summed E-state index contributed by atoms with van der Waals surface area (Å²) in [5.74, 6) is 0. The molecule has 0 aliphatic heterocycles. The second-order valence-corrected chi connectivity index (χ2v) is 6.37. The first-order chi connectivity index (χ1) is 13.0. The van der Waals surface area contributed by atoms with Crippen LogP contribution in [0.2, 0.25) is 5.15 Å². The van der Waals surface area contributed by atoms with Crippen molar-refractivity contribution in [2.24, 2.45) is 0 Å². The van der Waals surface area contributed by atoms with Crippen LogP contribution < -0.4 is 0 Å². The van der Waals surface area contributed by atoms with E-state index in [1.54, 1.807) is 6.20 Å². The minimum Gasteiger partial charge on any atom is -0.392 e. The van der Waals surface area contributed by atoms with Crippen molar-refractivity contribution in [3.05, 3.63) is 75.8 Å². The molecule has 4 nitrogen and oxygen atoms in total. The molecule has 2 aromatic heterocycles. The smallest absolute Gasteiger partial charge is 0.134 e. The lowest BCUT2D eigenvalue weighted by atomic mass is 10.0. The summed E-state index contributed by atoms with van der Waals surface area (Å²) in [4.78, 5) is 4.15. The molecule has 0 saturated carbocycles. The molecule has 0 aliphatic carbocycles. The Morgan fingerprint density at radius 2 is 1.81 bits per heavy atom. The number of pyridine rings is 1. The van der Waals surface area contributed by atoms with Crippen molar-refractivity contribution in [1.29, 1.82) is 5.26 Å². The Kier molecular flexibility index (Phi) is 7.18. The van der Waals surface area contributed by atoms with Gasteiger partial charge in [0.2, 0.25) is 0 Å². The predicted octanol–water partition coefficient (Wildman–Crippen LogP) is 5.26. The lowest BCUT2D eigenvalue weighted by Gasteiger charge is -2.11. The highest BCUT2D eigenvalue weighted by Crippen LogP contribution is 2.28. The zero-order valence-corrected chi connectivity index (χ0v) is 16.9. The van der Waals surface area contributed by atoms with Crippen molar-refractivity contribution in [2.75, 3.05) is 0 Å². The number of aliphatic hydroxyl groups is 1. The van der Waals surface area contributed by atoms with Crippen LogP contribution in [0.15, 0.2) is 42.6 Å². The number of nitrogens with zero attached hydrogens (tertiary/aromatic N) is 3. The summed E-state index contributed by atoms with van der Waals surface area (Å²) in [7, 11) is 0. The Labute approximate surface area is 165 Å². The Hall–Kier alpha value is -2.61. The van der Waals surface area contributed by atoms with Gasteiger partial charge in [0.15, 0.2) is 0 Å². The number of benzene rings is 1. The molecule has 0 fully saturated rings. The van der Waals surface area contributed by atoms with E-state index in [2.05, 4.69) is 35.5 Å². The summed E-state index contributed by atoms with van der Waals surface area (Å²) in [5.41, 5.74) is 6.78. The lowest BCUT2D eigenvalue weighted by Crippen LogP contribution is -2.05. The Morgan fingerprint density at radius 1 is 1.15 bits per heavy atom. The van der Waals surface area contributed by atoms with Gasteiger partial charge in [0.05, 0.1) is 18.2 Å². The highest BCUT2D eigenvalue weighted by Gasteiger charge is 2.12. The third kappa shape index (κ3) is 4.57. The number of nitriles is 1. The second kappa shape index (κ2) is 9.36. The third-order valence-corrected chi connectivity index (χ3v) is 4.72. The lowest BCUT2D eigenvalue weighted by molar-refractivity contribution is 0.281. The van der Waals surface area contributed by atoms with Crippen LogP contribution in [-0.4, -0.2) is 14.7 Å². The molecule has 0 unspecified atom stereocenters. The van der Waals surface area contributed by atoms with Gasteiger partial charge in [0.1, 0.15) is 5.15 Å². The number of hydrogen-bond donors (Lipinski definition) is 1. The number of hydrogen-bond acceptors (Lipinski definition) is 3. The number of rotatable bonds is 4. The topological polar surface area (TPSA) is 61.8 Å². The van der Waals surface area contributed by atoms with Crippen molar-refractivity contribution in [1.82, 2.24) is 9.55 Å². The number of aliphatic hydroxyl groups excluding tert-OH is 1. The molecule has 0 radical (unpaired) electrons. The maximum atomic E-state index is 9.36. The van der Waals surface area contributed by atoms with E-state index >= 15 is 0 Å². The standard InChI is InChI=1S/C20H18ClN3O.C2H6/c1-13-7-19(17-5-3-15(9-22)4-6-17)14(2)24(13)11-16-8-18(12-25)20(21)23-10-16;1-2/h3-8,10,25H,11-12H2,1-2H3;1-2H3. The largest absolute Gasteiger partial charge is 0.392 e. The molecule has 1 aromatic carbocycles. The number of aromatic nitrogens is 2. The molecule has 1 N–H and O–H groups in total. The third-order valence-electron chi connectivity index (χ3n) is 4.38. The van der Waals surface area contributed by atoms with Crippen LogP contribution in [0.5, 0.6) is 0 Å². The number of halogens is 1. The maximum Gasteiger partial charge on any atom is 0.134 e.